The third kappa shape index (κ3) is 3.94. The van der Waals surface area contributed by atoms with Crippen LogP contribution in [-0.2, 0) is 0 Å². The van der Waals surface area contributed by atoms with Gasteiger partial charge in [0.05, 0.1) is 30.2 Å². The highest BCUT2D eigenvalue weighted by molar-refractivity contribution is 6.32. The van der Waals surface area contributed by atoms with Crippen molar-refractivity contribution in [2.24, 2.45) is 0 Å². The number of rotatable bonds is 7. The van der Waals surface area contributed by atoms with Gasteiger partial charge in [-0.25, -0.2) is 0 Å². The van der Waals surface area contributed by atoms with Crippen LogP contribution in [-0.4, -0.2) is 31.5 Å². The number of ether oxygens (including phenoxy) is 3. The molecule has 24 heavy (non-hydrogen) atoms. The third-order valence-corrected chi connectivity index (χ3v) is 3.49. The molecule has 0 aliphatic carbocycles. The highest BCUT2D eigenvalue weighted by Crippen LogP contribution is 2.31. The summed E-state index contributed by atoms with van der Waals surface area (Å²) in [5, 5.41) is 11.4. The number of hydrogen-bond donors (Lipinski definition) is 0. The molecule has 7 nitrogen and oxygen atoms in total. The molecule has 0 spiro atoms. The van der Waals surface area contributed by atoms with Gasteiger partial charge in [0.25, 0.3) is 0 Å². The summed E-state index contributed by atoms with van der Waals surface area (Å²) in [5.41, 5.74) is 0.0341. The smallest absolute Gasteiger partial charge is 0.314 e. The summed E-state index contributed by atoms with van der Waals surface area (Å²) in [7, 11) is 2.87. The van der Waals surface area contributed by atoms with Crippen molar-refractivity contribution in [3.8, 4) is 17.2 Å². The molecule has 0 bridgehead atoms. The van der Waals surface area contributed by atoms with Crippen molar-refractivity contribution < 1.29 is 23.9 Å². The number of hydrogen-bond acceptors (Lipinski definition) is 6. The molecule has 0 fully saturated rings. The normalized spacial score (nSPS) is 10.1. The predicted octanol–water partition coefficient (Wildman–Crippen LogP) is 3.53. The van der Waals surface area contributed by atoms with Gasteiger partial charge in [0, 0.05) is 5.56 Å². The van der Waals surface area contributed by atoms with Crippen molar-refractivity contribution in [3.63, 3.8) is 0 Å². The number of nitrogens with zero attached hydrogens (tertiary/aromatic N) is 1. The lowest BCUT2D eigenvalue weighted by molar-refractivity contribution is -0.385. The molecule has 0 radical (unpaired) electrons. The number of halogens is 1. The lowest BCUT2D eigenvalue weighted by atomic mass is 10.1. The minimum atomic E-state index is -0.605. The van der Waals surface area contributed by atoms with Crippen LogP contribution in [0.3, 0.4) is 0 Å². The molecule has 0 aliphatic rings. The molecule has 2 aromatic carbocycles. The Hall–Kier alpha value is -2.80. The summed E-state index contributed by atoms with van der Waals surface area (Å²) in [6.07, 6.45) is 0. The second-order valence-electron chi connectivity index (χ2n) is 4.65. The molecule has 2 rings (SSSR count). The first-order valence-corrected chi connectivity index (χ1v) is 7.16. The standard InChI is InChI=1S/C16H14ClNO6/c1-22-11-4-6-16(13(8-11)18(20)21)24-9-14(19)10-3-5-15(23-2)12(17)7-10/h3-8H,9H2,1-2H3. The molecule has 0 aromatic heterocycles. The van der Waals surface area contributed by atoms with Crippen LogP contribution in [0.5, 0.6) is 17.2 Å². The maximum absolute atomic E-state index is 12.2. The first kappa shape index (κ1) is 17.6. The zero-order valence-electron chi connectivity index (χ0n) is 12.9. The van der Waals surface area contributed by atoms with Gasteiger partial charge in [-0.2, -0.15) is 0 Å². The lowest BCUT2D eigenvalue weighted by Gasteiger charge is -2.08. The number of ketones is 1. The summed E-state index contributed by atoms with van der Waals surface area (Å²) in [5.74, 6) is 0.376. The SMILES string of the molecule is COc1ccc(OCC(=O)c2ccc(OC)c(Cl)c2)c([N+](=O)[O-])c1. The molecular formula is C16H14ClNO6. The van der Waals surface area contributed by atoms with Crippen LogP contribution in [0.2, 0.25) is 5.02 Å². The summed E-state index contributed by atoms with van der Waals surface area (Å²) in [6.45, 7) is -0.365. The molecule has 0 atom stereocenters. The zero-order valence-corrected chi connectivity index (χ0v) is 13.7. The van der Waals surface area contributed by atoms with E-state index < -0.39 is 4.92 Å². The second-order valence-corrected chi connectivity index (χ2v) is 5.06. The average Bonchev–Trinajstić information content (AvgIpc) is 2.59. The van der Waals surface area contributed by atoms with E-state index in [2.05, 4.69) is 0 Å². The predicted molar refractivity (Wildman–Crippen MR) is 87.5 cm³/mol. The zero-order chi connectivity index (χ0) is 17.7. The van der Waals surface area contributed by atoms with Crippen LogP contribution in [0.25, 0.3) is 0 Å². The quantitative estimate of drug-likeness (QED) is 0.431. The monoisotopic (exact) mass is 351 g/mol. The van der Waals surface area contributed by atoms with Crippen molar-refractivity contribution in [1.82, 2.24) is 0 Å². The van der Waals surface area contributed by atoms with Crippen LogP contribution in [0.1, 0.15) is 10.4 Å². The van der Waals surface area contributed by atoms with E-state index in [1.54, 1.807) is 12.1 Å². The molecule has 0 amide bonds. The van der Waals surface area contributed by atoms with E-state index in [1.165, 1.54) is 38.5 Å². The molecule has 0 aliphatic heterocycles. The summed E-state index contributed by atoms with van der Waals surface area (Å²) < 4.78 is 15.2. The molecule has 0 saturated heterocycles. The highest BCUT2D eigenvalue weighted by atomic mass is 35.5. The van der Waals surface area contributed by atoms with Crippen LogP contribution in [0, 0.1) is 10.1 Å². The Morgan fingerprint density at radius 3 is 2.42 bits per heavy atom. The first-order valence-electron chi connectivity index (χ1n) is 6.78. The van der Waals surface area contributed by atoms with Gasteiger partial charge in [0.15, 0.2) is 18.1 Å². The van der Waals surface area contributed by atoms with Gasteiger partial charge >= 0.3 is 5.69 Å². The van der Waals surface area contributed by atoms with E-state index in [1.807, 2.05) is 0 Å². The van der Waals surface area contributed by atoms with Crippen molar-refractivity contribution in [2.75, 3.05) is 20.8 Å². The number of carbonyl (C=O) groups is 1. The Morgan fingerprint density at radius 2 is 1.83 bits per heavy atom. The Labute approximate surface area is 142 Å². The van der Waals surface area contributed by atoms with Gasteiger partial charge in [0.2, 0.25) is 0 Å². The topological polar surface area (TPSA) is 87.9 Å². The minimum absolute atomic E-state index is 0.0197. The molecular weight excluding hydrogens is 338 g/mol. The maximum atomic E-state index is 12.2. The van der Waals surface area contributed by atoms with Crippen LogP contribution in [0.15, 0.2) is 36.4 Å². The molecule has 126 valence electrons. The van der Waals surface area contributed by atoms with E-state index in [-0.39, 0.29) is 23.8 Å². The molecule has 2 aromatic rings. The number of Topliss-reactive ketones (excluding diaryl/α,β-unsaturated/α-hetero) is 1. The fourth-order valence-electron chi connectivity index (χ4n) is 1.96. The fraction of sp³-hybridized carbons (Fsp3) is 0.188. The van der Waals surface area contributed by atoms with Gasteiger partial charge in [-0.1, -0.05) is 11.6 Å². The third-order valence-electron chi connectivity index (χ3n) is 3.20. The molecule has 0 unspecified atom stereocenters. The fourth-order valence-corrected chi connectivity index (χ4v) is 2.21. The summed E-state index contributed by atoms with van der Waals surface area (Å²) >= 11 is 5.97. The van der Waals surface area contributed by atoms with Gasteiger partial charge < -0.3 is 14.2 Å². The van der Waals surface area contributed by atoms with Crippen LogP contribution >= 0.6 is 11.6 Å². The summed E-state index contributed by atoms with van der Waals surface area (Å²) in [6, 6.07) is 8.67. The summed E-state index contributed by atoms with van der Waals surface area (Å²) in [4.78, 5) is 22.6. The molecule has 0 saturated carbocycles. The first-order chi connectivity index (χ1) is 11.5. The minimum Gasteiger partial charge on any atom is -0.496 e. The largest absolute Gasteiger partial charge is 0.496 e. The number of nitro benzene ring substituents is 1. The Balaban J connectivity index is 2.14. The Kier molecular flexibility index (Phi) is 5.59. The maximum Gasteiger partial charge on any atom is 0.314 e. The number of nitro groups is 1. The Morgan fingerprint density at radius 1 is 1.12 bits per heavy atom. The number of carbonyl (C=O) groups excluding carboxylic acids is 1. The van der Waals surface area contributed by atoms with Gasteiger partial charge in [-0.15, -0.1) is 0 Å². The number of methoxy groups -OCH3 is 2. The van der Waals surface area contributed by atoms with E-state index in [0.29, 0.717) is 22.1 Å². The van der Waals surface area contributed by atoms with Gasteiger partial charge in [-0.3, -0.25) is 14.9 Å². The van der Waals surface area contributed by atoms with Gasteiger partial charge in [-0.05, 0) is 30.3 Å². The van der Waals surface area contributed by atoms with Crippen LogP contribution in [0.4, 0.5) is 5.69 Å². The van der Waals surface area contributed by atoms with Crippen molar-refractivity contribution in [3.05, 3.63) is 57.1 Å². The molecule has 0 N–H and O–H groups in total. The Bertz CT molecular complexity index is 777. The van der Waals surface area contributed by atoms with E-state index in [9.17, 15) is 14.9 Å². The molecule has 8 heteroatoms. The van der Waals surface area contributed by atoms with E-state index in [4.69, 9.17) is 25.8 Å². The van der Waals surface area contributed by atoms with E-state index >= 15 is 0 Å². The van der Waals surface area contributed by atoms with E-state index in [0.717, 1.165) is 0 Å². The van der Waals surface area contributed by atoms with Crippen molar-refractivity contribution >= 4 is 23.1 Å². The van der Waals surface area contributed by atoms with Crippen molar-refractivity contribution in [2.45, 2.75) is 0 Å². The number of benzene rings is 2. The van der Waals surface area contributed by atoms with Crippen molar-refractivity contribution in [1.29, 1.82) is 0 Å². The second kappa shape index (κ2) is 7.65. The average molecular weight is 352 g/mol. The van der Waals surface area contributed by atoms with Gasteiger partial charge in [0.1, 0.15) is 11.5 Å². The van der Waals surface area contributed by atoms with Crippen LogP contribution < -0.4 is 14.2 Å². The molecule has 0 heterocycles. The highest BCUT2D eigenvalue weighted by Gasteiger charge is 2.18. The lowest BCUT2D eigenvalue weighted by Crippen LogP contribution is -2.12.